The maximum Gasteiger partial charge on any atom is 0.339 e. The minimum Gasteiger partial charge on any atom is -0.504 e. The summed E-state index contributed by atoms with van der Waals surface area (Å²) in [7, 11) is 0. The summed E-state index contributed by atoms with van der Waals surface area (Å²) in [6.45, 7) is 2.17. The van der Waals surface area contributed by atoms with Crippen LogP contribution in [0.25, 0.3) is 11.0 Å². The quantitative estimate of drug-likeness (QED) is 0.304. The van der Waals surface area contributed by atoms with Crippen LogP contribution in [0.4, 0.5) is 0 Å². The lowest BCUT2D eigenvalue weighted by atomic mass is 9.90. The number of fused-ring (bicyclic) bond motifs is 3. The van der Waals surface area contributed by atoms with Crippen LogP contribution < -0.4 is 10.4 Å². The highest BCUT2D eigenvalue weighted by Crippen LogP contribution is 2.35. The predicted octanol–water partition coefficient (Wildman–Crippen LogP) is 5.03. The van der Waals surface area contributed by atoms with Crippen molar-refractivity contribution in [1.29, 1.82) is 0 Å². The summed E-state index contributed by atoms with van der Waals surface area (Å²) in [6, 6.07) is 3.01. The van der Waals surface area contributed by atoms with Crippen molar-refractivity contribution in [2.75, 3.05) is 0 Å². The van der Waals surface area contributed by atoms with E-state index in [4.69, 9.17) is 9.15 Å². The SMILES string of the molecule is CCCCCCCCC(=O)Oc1cc2oc(=O)c3c(c2cc1O)CCCC3. The lowest BCUT2D eigenvalue weighted by molar-refractivity contribution is -0.134. The number of phenolic OH excluding ortho intramolecular Hbond substituents is 1. The van der Waals surface area contributed by atoms with Gasteiger partial charge in [-0.15, -0.1) is 0 Å². The van der Waals surface area contributed by atoms with Gasteiger partial charge in [-0.3, -0.25) is 4.79 Å². The Hall–Kier alpha value is -2.30. The molecule has 146 valence electrons. The Labute approximate surface area is 159 Å². The zero-order valence-electron chi connectivity index (χ0n) is 16.0. The molecule has 2 aromatic rings. The van der Waals surface area contributed by atoms with Gasteiger partial charge in [0.25, 0.3) is 0 Å². The van der Waals surface area contributed by atoms with E-state index in [0.717, 1.165) is 49.5 Å². The molecule has 0 saturated carbocycles. The molecule has 5 nitrogen and oxygen atoms in total. The molecule has 0 atom stereocenters. The Morgan fingerprint density at radius 2 is 1.78 bits per heavy atom. The molecule has 1 N–H and O–H groups in total. The predicted molar refractivity (Wildman–Crippen MR) is 104 cm³/mol. The zero-order valence-corrected chi connectivity index (χ0v) is 16.0. The van der Waals surface area contributed by atoms with Gasteiger partial charge in [-0.05, 0) is 43.7 Å². The molecular weight excluding hydrogens is 344 g/mol. The van der Waals surface area contributed by atoms with Gasteiger partial charge in [0.15, 0.2) is 11.5 Å². The number of aryl methyl sites for hydroxylation is 1. The normalized spacial score (nSPS) is 13.5. The average Bonchev–Trinajstić information content (AvgIpc) is 2.66. The molecule has 1 aromatic carbocycles. The summed E-state index contributed by atoms with van der Waals surface area (Å²) >= 11 is 0. The number of hydrogen-bond acceptors (Lipinski definition) is 5. The van der Waals surface area contributed by atoms with Crippen molar-refractivity contribution < 1.29 is 19.1 Å². The molecule has 3 rings (SSSR count). The van der Waals surface area contributed by atoms with Crippen LogP contribution in [-0.4, -0.2) is 11.1 Å². The Balaban J connectivity index is 1.69. The van der Waals surface area contributed by atoms with Crippen LogP contribution in [0.3, 0.4) is 0 Å². The van der Waals surface area contributed by atoms with Crippen LogP contribution in [0.15, 0.2) is 21.3 Å². The second kappa shape index (κ2) is 9.07. The van der Waals surface area contributed by atoms with Gasteiger partial charge in [0, 0.05) is 23.4 Å². The van der Waals surface area contributed by atoms with Gasteiger partial charge in [-0.25, -0.2) is 4.79 Å². The summed E-state index contributed by atoms with van der Waals surface area (Å²) in [4.78, 5) is 24.3. The van der Waals surface area contributed by atoms with Crippen molar-refractivity contribution in [2.24, 2.45) is 0 Å². The van der Waals surface area contributed by atoms with Crippen LogP contribution in [0.5, 0.6) is 11.5 Å². The number of hydrogen-bond donors (Lipinski definition) is 1. The number of rotatable bonds is 8. The molecule has 0 bridgehead atoms. The van der Waals surface area contributed by atoms with Crippen LogP contribution >= 0.6 is 0 Å². The largest absolute Gasteiger partial charge is 0.504 e. The number of ether oxygens (including phenoxy) is 1. The Morgan fingerprint density at radius 1 is 1.07 bits per heavy atom. The number of carbonyl (C=O) groups is 1. The van der Waals surface area contributed by atoms with Gasteiger partial charge in [-0.1, -0.05) is 39.0 Å². The van der Waals surface area contributed by atoms with E-state index in [2.05, 4.69) is 6.92 Å². The zero-order chi connectivity index (χ0) is 19.2. The summed E-state index contributed by atoms with van der Waals surface area (Å²) in [5.74, 6) is -0.418. The average molecular weight is 372 g/mol. The monoisotopic (exact) mass is 372 g/mol. The fourth-order valence-electron chi connectivity index (χ4n) is 3.76. The van der Waals surface area contributed by atoms with Crippen molar-refractivity contribution >= 4 is 16.9 Å². The minimum atomic E-state index is -0.375. The van der Waals surface area contributed by atoms with E-state index in [-0.39, 0.29) is 23.1 Å². The lowest BCUT2D eigenvalue weighted by Crippen LogP contribution is -2.16. The van der Waals surface area contributed by atoms with Gasteiger partial charge >= 0.3 is 11.6 Å². The minimum absolute atomic E-state index is 0.0531. The molecule has 1 heterocycles. The van der Waals surface area contributed by atoms with E-state index < -0.39 is 0 Å². The number of benzene rings is 1. The van der Waals surface area contributed by atoms with E-state index in [9.17, 15) is 14.7 Å². The summed E-state index contributed by atoms with van der Waals surface area (Å²) < 4.78 is 10.7. The molecule has 0 fully saturated rings. The van der Waals surface area contributed by atoms with Gasteiger partial charge < -0.3 is 14.3 Å². The van der Waals surface area contributed by atoms with Gasteiger partial charge in [-0.2, -0.15) is 0 Å². The van der Waals surface area contributed by atoms with Crippen molar-refractivity contribution in [3.8, 4) is 11.5 Å². The molecule has 0 spiro atoms. The standard InChI is InChI=1S/C22H28O5/c1-2-3-4-5-6-7-12-21(24)26-20-14-19-17(13-18(20)23)15-10-8-9-11-16(15)22(25)27-19/h13-14,23H,2-12H2,1H3. The molecule has 0 saturated heterocycles. The fourth-order valence-corrected chi connectivity index (χ4v) is 3.76. The van der Waals surface area contributed by atoms with Crippen LogP contribution in [0.1, 0.15) is 75.8 Å². The van der Waals surface area contributed by atoms with Crippen LogP contribution in [-0.2, 0) is 17.6 Å². The maximum absolute atomic E-state index is 12.2. The summed E-state index contributed by atoms with van der Waals surface area (Å²) in [5, 5.41) is 11.0. The number of phenols is 1. The second-order valence-corrected chi connectivity index (χ2v) is 7.36. The first-order valence-corrected chi connectivity index (χ1v) is 10.1. The molecule has 0 amide bonds. The van der Waals surface area contributed by atoms with Crippen LogP contribution in [0, 0.1) is 0 Å². The smallest absolute Gasteiger partial charge is 0.339 e. The topological polar surface area (TPSA) is 76.7 Å². The molecule has 1 aliphatic carbocycles. The van der Waals surface area contributed by atoms with Crippen molar-refractivity contribution in [3.05, 3.63) is 33.7 Å². The highest BCUT2D eigenvalue weighted by atomic mass is 16.5. The third-order valence-corrected chi connectivity index (χ3v) is 5.26. The van der Waals surface area contributed by atoms with Gasteiger partial charge in [0.2, 0.25) is 0 Å². The van der Waals surface area contributed by atoms with E-state index in [1.165, 1.54) is 25.3 Å². The first-order chi connectivity index (χ1) is 13.1. The number of carbonyl (C=O) groups excluding carboxylic acids is 1. The maximum atomic E-state index is 12.2. The molecular formula is C22H28O5. The van der Waals surface area contributed by atoms with Crippen molar-refractivity contribution in [1.82, 2.24) is 0 Å². The second-order valence-electron chi connectivity index (χ2n) is 7.36. The van der Waals surface area contributed by atoms with Crippen molar-refractivity contribution in [2.45, 2.75) is 77.6 Å². The molecule has 27 heavy (non-hydrogen) atoms. The summed E-state index contributed by atoms with van der Waals surface area (Å²) in [5.41, 5.74) is 1.70. The number of unbranched alkanes of at least 4 members (excludes halogenated alkanes) is 5. The van der Waals surface area contributed by atoms with E-state index >= 15 is 0 Å². The number of aromatic hydroxyl groups is 1. The summed E-state index contributed by atoms with van der Waals surface area (Å²) in [6.07, 6.45) is 10.3. The molecule has 0 unspecified atom stereocenters. The number of esters is 1. The Kier molecular flexibility index (Phi) is 6.54. The van der Waals surface area contributed by atoms with Crippen molar-refractivity contribution in [3.63, 3.8) is 0 Å². The van der Waals surface area contributed by atoms with E-state index in [0.29, 0.717) is 24.0 Å². The van der Waals surface area contributed by atoms with Gasteiger partial charge in [0.1, 0.15) is 5.58 Å². The third kappa shape index (κ3) is 4.71. The van der Waals surface area contributed by atoms with Crippen LogP contribution in [0.2, 0.25) is 0 Å². The van der Waals surface area contributed by atoms with E-state index in [1.807, 2.05) is 0 Å². The molecule has 1 aliphatic rings. The highest BCUT2D eigenvalue weighted by molar-refractivity contribution is 5.86. The Morgan fingerprint density at radius 3 is 2.56 bits per heavy atom. The Bertz CT molecular complexity index is 865. The molecule has 0 aliphatic heterocycles. The first-order valence-electron chi connectivity index (χ1n) is 10.1. The fraction of sp³-hybridized carbons (Fsp3) is 0.545. The highest BCUT2D eigenvalue weighted by Gasteiger charge is 2.20. The molecule has 1 aromatic heterocycles. The molecule has 0 radical (unpaired) electrons. The first kappa shape index (κ1) is 19.5. The van der Waals surface area contributed by atoms with Gasteiger partial charge in [0.05, 0.1) is 0 Å². The lowest BCUT2D eigenvalue weighted by Gasteiger charge is -2.16. The third-order valence-electron chi connectivity index (χ3n) is 5.26. The molecule has 5 heteroatoms. The van der Waals surface area contributed by atoms with E-state index in [1.54, 1.807) is 6.07 Å².